The number of rotatable bonds is 8. The quantitative estimate of drug-likeness (QED) is 0.451. The third kappa shape index (κ3) is 4.73. The van der Waals surface area contributed by atoms with Gasteiger partial charge >= 0.3 is 0 Å². The van der Waals surface area contributed by atoms with Crippen LogP contribution in [-0.4, -0.2) is 42.9 Å². The largest absolute Gasteiger partial charge is 0.355 e. The predicted octanol–water partition coefficient (Wildman–Crippen LogP) is 1.68. The lowest BCUT2D eigenvalue weighted by atomic mass is 10.2. The Morgan fingerprint density at radius 3 is 2.93 bits per heavy atom. The van der Waals surface area contributed by atoms with Crippen molar-refractivity contribution in [3.05, 3.63) is 46.1 Å². The molecule has 27 heavy (non-hydrogen) atoms. The van der Waals surface area contributed by atoms with E-state index in [1.807, 2.05) is 36.6 Å². The van der Waals surface area contributed by atoms with Crippen molar-refractivity contribution in [3.8, 4) is 0 Å². The smallest absolute Gasteiger partial charge is 0.270 e. The molecular weight excluding hydrogens is 364 g/mol. The molecule has 0 atom stereocenters. The van der Waals surface area contributed by atoms with Crippen LogP contribution in [0, 0.1) is 6.92 Å². The minimum absolute atomic E-state index is 0.0990. The molecular formula is C18H22N6O2S. The first-order valence-corrected chi connectivity index (χ1v) is 9.84. The van der Waals surface area contributed by atoms with Gasteiger partial charge in [-0.15, -0.1) is 10.2 Å². The monoisotopic (exact) mass is 386 g/mol. The lowest BCUT2D eigenvalue weighted by molar-refractivity contribution is -0.120. The molecule has 1 aromatic carbocycles. The summed E-state index contributed by atoms with van der Waals surface area (Å²) in [7, 11) is 0. The number of hydrogen-bond donors (Lipinski definition) is 2. The highest BCUT2D eigenvalue weighted by Gasteiger charge is 2.10. The van der Waals surface area contributed by atoms with E-state index in [0.717, 1.165) is 23.0 Å². The normalized spacial score (nSPS) is 11.0. The molecule has 9 heteroatoms. The Balaban J connectivity index is 1.46. The highest BCUT2D eigenvalue weighted by molar-refractivity contribution is 7.99. The molecule has 142 valence electrons. The first kappa shape index (κ1) is 19.1. The van der Waals surface area contributed by atoms with Crippen LogP contribution in [0.4, 0.5) is 0 Å². The van der Waals surface area contributed by atoms with Gasteiger partial charge in [-0.2, -0.15) is 0 Å². The molecule has 0 saturated carbocycles. The van der Waals surface area contributed by atoms with Gasteiger partial charge in [0.15, 0.2) is 5.16 Å². The van der Waals surface area contributed by atoms with Gasteiger partial charge in [0.1, 0.15) is 11.5 Å². The highest BCUT2D eigenvalue weighted by Crippen LogP contribution is 2.15. The Labute approximate surface area is 160 Å². The highest BCUT2D eigenvalue weighted by atomic mass is 32.2. The summed E-state index contributed by atoms with van der Waals surface area (Å²) < 4.78 is 2.03. The van der Waals surface area contributed by atoms with Crippen LogP contribution in [0.3, 0.4) is 0 Å². The number of fused-ring (bicyclic) bond motifs is 1. The molecule has 0 fully saturated rings. The van der Waals surface area contributed by atoms with Crippen molar-refractivity contribution in [3.63, 3.8) is 0 Å². The molecule has 0 spiro atoms. The van der Waals surface area contributed by atoms with Crippen LogP contribution < -0.4 is 10.9 Å². The fraction of sp³-hybridized carbons (Fsp3) is 0.389. The van der Waals surface area contributed by atoms with Gasteiger partial charge in [0, 0.05) is 31.7 Å². The molecule has 2 N–H and O–H groups in total. The Kier molecular flexibility index (Phi) is 6.23. The van der Waals surface area contributed by atoms with E-state index in [-0.39, 0.29) is 17.9 Å². The van der Waals surface area contributed by atoms with Crippen molar-refractivity contribution in [2.45, 2.75) is 38.4 Å². The Bertz CT molecular complexity index is 997. The van der Waals surface area contributed by atoms with Crippen LogP contribution >= 0.6 is 11.8 Å². The van der Waals surface area contributed by atoms with Gasteiger partial charge in [-0.25, -0.2) is 4.98 Å². The van der Waals surface area contributed by atoms with E-state index < -0.39 is 0 Å². The Morgan fingerprint density at radius 2 is 2.11 bits per heavy atom. The number of para-hydroxylation sites is 2. The minimum Gasteiger partial charge on any atom is -0.355 e. The number of aromatic nitrogens is 5. The number of hydrogen-bond acceptors (Lipinski definition) is 6. The lowest BCUT2D eigenvalue weighted by Gasteiger charge is -2.06. The van der Waals surface area contributed by atoms with Crippen molar-refractivity contribution in [1.82, 2.24) is 30.0 Å². The van der Waals surface area contributed by atoms with Gasteiger partial charge in [0.25, 0.3) is 5.56 Å². The van der Waals surface area contributed by atoms with E-state index in [1.54, 1.807) is 17.8 Å². The summed E-state index contributed by atoms with van der Waals surface area (Å²) >= 11 is 1.56. The summed E-state index contributed by atoms with van der Waals surface area (Å²) in [5.74, 6) is 1.49. The van der Waals surface area contributed by atoms with Crippen molar-refractivity contribution >= 4 is 28.7 Å². The number of benzene rings is 1. The Morgan fingerprint density at radius 1 is 1.30 bits per heavy atom. The van der Waals surface area contributed by atoms with E-state index >= 15 is 0 Å². The third-order valence-corrected chi connectivity index (χ3v) is 5.10. The summed E-state index contributed by atoms with van der Waals surface area (Å²) in [6, 6.07) is 7.35. The van der Waals surface area contributed by atoms with Crippen LogP contribution in [-0.2, 0) is 17.8 Å². The first-order valence-electron chi connectivity index (χ1n) is 8.85. The topological polar surface area (TPSA) is 106 Å². The maximum absolute atomic E-state index is 12.1. The zero-order valence-electron chi connectivity index (χ0n) is 15.4. The van der Waals surface area contributed by atoms with E-state index in [1.165, 1.54) is 0 Å². The van der Waals surface area contributed by atoms with Gasteiger partial charge in [-0.05, 0) is 26.0 Å². The fourth-order valence-corrected chi connectivity index (χ4v) is 3.62. The number of H-pyrrole nitrogens is 1. The van der Waals surface area contributed by atoms with Crippen LogP contribution in [0.1, 0.15) is 24.9 Å². The Hall–Kier alpha value is -2.68. The number of aromatic amines is 1. The second kappa shape index (κ2) is 8.81. The van der Waals surface area contributed by atoms with E-state index in [0.29, 0.717) is 29.9 Å². The standard InChI is InChI=1S/C18H22N6O2S/c1-3-24-12(2)22-23-18(24)27-11-10-19-16(25)9-8-15-17(26)21-14-7-5-4-6-13(14)20-15/h4-7H,3,8-11H2,1-2H3,(H,19,25)(H,21,26). The molecule has 3 rings (SSSR count). The van der Waals surface area contributed by atoms with Crippen molar-refractivity contribution in [2.75, 3.05) is 12.3 Å². The summed E-state index contributed by atoms with van der Waals surface area (Å²) in [6.45, 7) is 5.32. The molecule has 3 aromatic rings. The maximum atomic E-state index is 12.1. The summed E-state index contributed by atoms with van der Waals surface area (Å²) in [4.78, 5) is 31.2. The van der Waals surface area contributed by atoms with Gasteiger partial charge in [-0.1, -0.05) is 23.9 Å². The number of thioether (sulfide) groups is 1. The maximum Gasteiger partial charge on any atom is 0.270 e. The summed E-state index contributed by atoms with van der Waals surface area (Å²) in [6.07, 6.45) is 0.534. The van der Waals surface area contributed by atoms with Gasteiger partial charge in [-0.3, -0.25) is 9.59 Å². The number of carbonyl (C=O) groups is 1. The van der Waals surface area contributed by atoms with Crippen LogP contribution in [0.5, 0.6) is 0 Å². The van der Waals surface area contributed by atoms with Crippen molar-refractivity contribution in [2.24, 2.45) is 0 Å². The van der Waals surface area contributed by atoms with Crippen LogP contribution in [0.25, 0.3) is 11.0 Å². The lowest BCUT2D eigenvalue weighted by Crippen LogP contribution is -2.27. The van der Waals surface area contributed by atoms with E-state index in [4.69, 9.17) is 0 Å². The second-order valence-corrected chi connectivity index (χ2v) is 7.06. The molecule has 0 bridgehead atoms. The molecule has 0 unspecified atom stereocenters. The number of nitrogens with zero attached hydrogens (tertiary/aromatic N) is 4. The molecule has 2 aromatic heterocycles. The predicted molar refractivity (Wildman–Crippen MR) is 105 cm³/mol. The zero-order valence-corrected chi connectivity index (χ0v) is 16.2. The molecule has 2 heterocycles. The first-order chi connectivity index (χ1) is 13.1. The van der Waals surface area contributed by atoms with Gasteiger partial charge in [0.05, 0.1) is 11.0 Å². The van der Waals surface area contributed by atoms with E-state index in [9.17, 15) is 9.59 Å². The molecule has 0 aliphatic rings. The van der Waals surface area contributed by atoms with Gasteiger partial charge in [0.2, 0.25) is 5.91 Å². The third-order valence-electron chi connectivity index (χ3n) is 4.13. The molecule has 0 radical (unpaired) electrons. The number of aryl methyl sites for hydroxylation is 2. The molecule has 8 nitrogen and oxygen atoms in total. The molecule has 0 saturated heterocycles. The SMILES string of the molecule is CCn1c(C)nnc1SCCNC(=O)CCc1nc2ccccc2[nH]c1=O. The average molecular weight is 386 g/mol. The van der Waals surface area contributed by atoms with E-state index in [2.05, 4.69) is 25.5 Å². The zero-order chi connectivity index (χ0) is 19.2. The minimum atomic E-state index is -0.244. The van der Waals surface area contributed by atoms with Gasteiger partial charge < -0.3 is 14.9 Å². The molecule has 1 amide bonds. The fourth-order valence-electron chi connectivity index (χ4n) is 2.72. The average Bonchev–Trinajstić information content (AvgIpc) is 3.03. The van der Waals surface area contributed by atoms with Crippen molar-refractivity contribution < 1.29 is 4.79 Å². The van der Waals surface area contributed by atoms with Crippen molar-refractivity contribution in [1.29, 1.82) is 0 Å². The van der Waals surface area contributed by atoms with Crippen LogP contribution in [0.2, 0.25) is 0 Å². The number of amides is 1. The number of nitrogens with one attached hydrogen (secondary N) is 2. The summed E-state index contributed by atoms with van der Waals surface area (Å²) in [5.41, 5.74) is 1.55. The summed E-state index contributed by atoms with van der Waals surface area (Å²) in [5, 5.41) is 11.9. The molecule has 0 aliphatic heterocycles. The molecule has 0 aliphatic carbocycles. The number of carbonyl (C=O) groups excluding carboxylic acids is 1. The van der Waals surface area contributed by atoms with Crippen LogP contribution in [0.15, 0.2) is 34.2 Å². The second-order valence-electron chi connectivity index (χ2n) is 6.00.